The van der Waals surface area contributed by atoms with E-state index in [4.69, 9.17) is 5.73 Å². The van der Waals surface area contributed by atoms with Gasteiger partial charge < -0.3 is 16.0 Å². The summed E-state index contributed by atoms with van der Waals surface area (Å²) in [7, 11) is 0. The Hall–Kier alpha value is -2.69. The Balaban J connectivity index is 1.69. The molecule has 0 aromatic carbocycles. The molecule has 0 atom stereocenters. The fraction of sp³-hybridized carbons (Fsp3) is 0.353. The standard InChI is InChI=1S/C17H19N7O2S/c18-10-13(25)8-12-7-11(1-2-20-12)16-22-24-15(26)9-14(21-17(24)27-16)23-5-3-19-4-6-23/h1-2,7,9,19H,3-6,8,10,18H2. The number of Topliss-reactive ketones (excluding diaryl/α,β-unsaturated/α-hetero) is 1. The fourth-order valence-corrected chi connectivity index (χ4v) is 3.85. The second-order valence-corrected chi connectivity index (χ2v) is 7.20. The number of anilines is 1. The van der Waals surface area contributed by atoms with Gasteiger partial charge in [0.15, 0.2) is 5.78 Å². The van der Waals surface area contributed by atoms with Crippen LogP contribution in [0, 0.1) is 0 Å². The highest BCUT2D eigenvalue weighted by atomic mass is 32.1. The van der Waals surface area contributed by atoms with Gasteiger partial charge in [-0.05, 0) is 12.1 Å². The van der Waals surface area contributed by atoms with Crippen LogP contribution in [0.15, 0.2) is 29.2 Å². The number of nitrogens with one attached hydrogen (secondary N) is 1. The zero-order valence-corrected chi connectivity index (χ0v) is 15.4. The number of fused-ring (bicyclic) bond motifs is 1. The molecular formula is C17H19N7O2S. The summed E-state index contributed by atoms with van der Waals surface area (Å²) in [6, 6.07) is 5.13. The Morgan fingerprint density at radius 1 is 1.30 bits per heavy atom. The van der Waals surface area contributed by atoms with Crippen molar-refractivity contribution >= 4 is 27.9 Å². The van der Waals surface area contributed by atoms with Crippen LogP contribution in [0.1, 0.15) is 5.69 Å². The van der Waals surface area contributed by atoms with E-state index in [1.165, 1.54) is 21.9 Å². The van der Waals surface area contributed by atoms with E-state index in [0.717, 1.165) is 31.7 Å². The highest BCUT2D eigenvalue weighted by Crippen LogP contribution is 2.25. The molecule has 3 aromatic heterocycles. The highest BCUT2D eigenvalue weighted by molar-refractivity contribution is 7.19. The smallest absolute Gasteiger partial charge is 0.277 e. The zero-order valence-electron chi connectivity index (χ0n) is 14.6. The van der Waals surface area contributed by atoms with E-state index >= 15 is 0 Å². The average molecular weight is 385 g/mol. The number of aromatic nitrogens is 4. The second-order valence-electron chi connectivity index (χ2n) is 6.25. The number of carbonyl (C=O) groups excluding carboxylic acids is 1. The van der Waals surface area contributed by atoms with Gasteiger partial charge in [0.05, 0.1) is 13.0 Å². The van der Waals surface area contributed by atoms with Crippen molar-refractivity contribution in [3.63, 3.8) is 0 Å². The van der Waals surface area contributed by atoms with Crippen molar-refractivity contribution in [2.75, 3.05) is 37.6 Å². The quantitative estimate of drug-likeness (QED) is 0.614. The van der Waals surface area contributed by atoms with E-state index in [2.05, 4.69) is 25.3 Å². The molecule has 1 saturated heterocycles. The van der Waals surface area contributed by atoms with Crippen molar-refractivity contribution in [1.29, 1.82) is 0 Å². The number of pyridine rings is 1. The molecular weight excluding hydrogens is 366 g/mol. The first-order chi connectivity index (χ1) is 13.1. The second kappa shape index (κ2) is 7.51. The van der Waals surface area contributed by atoms with Crippen LogP contribution in [-0.2, 0) is 11.2 Å². The molecule has 0 aliphatic carbocycles. The predicted molar refractivity (Wildman–Crippen MR) is 103 cm³/mol. The lowest BCUT2D eigenvalue weighted by atomic mass is 10.1. The first kappa shape index (κ1) is 17.7. The molecule has 0 bridgehead atoms. The van der Waals surface area contributed by atoms with Gasteiger partial charge in [0.2, 0.25) is 4.96 Å². The maximum atomic E-state index is 12.5. The molecule has 0 radical (unpaired) electrons. The topological polar surface area (TPSA) is 119 Å². The molecule has 9 nitrogen and oxygen atoms in total. The van der Waals surface area contributed by atoms with Crippen LogP contribution in [0.4, 0.5) is 5.82 Å². The van der Waals surface area contributed by atoms with Gasteiger partial charge in [-0.2, -0.15) is 9.61 Å². The zero-order chi connectivity index (χ0) is 18.8. The maximum Gasteiger partial charge on any atom is 0.277 e. The molecule has 0 saturated carbocycles. The third kappa shape index (κ3) is 3.72. The minimum absolute atomic E-state index is 0.0127. The van der Waals surface area contributed by atoms with E-state index in [9.17, 15) is 9.59 Å². The summed E-state index contributed by atoms with van der Waals surface area (Å²) >= 11 is 1.34. The Labute approximate surface area is 158 Å². The first-order valence-electron chi connectivity index (χ1n) is 8.68. The minimum atomic E-state index is -0.205. The van der Waals surface area contributed by atoms with Gasteiger partial charge in [0, 0.05) is 49.7 Å². The van der Waals surface area contributed by atoms with E-state index in [0.29, 0.717) is 21.5 Å². The van der Waals surface area contributed by atoms with Crippen LogP contribution < -0.4 is 21.5 Å². The molecule has 3 N–H and O–H groups in total. The van der Waals surface area contributed by atoms with Crippen LogP contribution in [-0.4, -0.2) is 58.1 Å². The summed E-state index contributed by atoms with van der Waals surface area (Å²) in [5.74, 6) is 0.600. The van der Waals surface area contributed by atoms with E-state index in [1.54, 1.807) is 18.3 Å². The lowest BCUT2D eigenvalue weighted by molar-refractivity contribution is -0.117. The van der Waals surface area contributed by atoms with Crippen molar-refractivity contribution in [3.8, 4) is 10.6 Å². The summed E-state index contributed by atoms with van der Waals surface area (Å²) in [5.41, 5.74) is 6.59. The Bertz CT molecular complexity index is 1040. The molecule has 1 fully saturated rings. The number of carbonyl (C=O) groups is 1. The van der Waals surface area contributed by atoms with Gasteiger partial charge in [0.1, 0.15) is 10.8 Å². The minimum Gasteiger partial charge on any atom is -0.354 e. The first-order valence-corrected chi connectivity index (χ1v) is 9.49. The van der Waals surface area contributed by atoms with Crippen molar-refractivity contribution in [1.82, 2.24) is 24.9 Å². The lowest BCUT2D eigenvalue weighted by Gasteiger charge is -2.27. The van der Waals surface area contributed by atoms with Crippen molar-refractivity contribution in [2.45, 2.75) is 6.42 Å². The van der Waals surface area contributed by atoms with Gasteiger partial charge in [-0.15, -0.1) is 0 Å². The summed E-state index contributed by atoms with van der Waals surface area (Å²) in [4.78, 5) is 35.5. The molecule has 4 rings (SSSR count). The molecule has 27 heavy (non-hydrogen) atoms. The number of rotatable bonds is 5. The molecule has 1 aliphatic rings. The summed E-state index contributed by atoms with van der Waals surface area (Å²) in [5, 5.41) is 8.34. The molecule has 3 aromatic rings. The molecule has 0 unspecified atom stereocenters. The lowest BCUT2D eigenvalue weighted by Crippen LogP contribution is -2.44. The molecule has 140 valence electrons. The molecule has 0 spiro atoms. The number of nitrogens with zero attached hydrogens (tertiary/aromatic N) is 5. The van der Waals surface area contributed by atoms with Gasteiger partial charge in [-0.3, -0.25) is 14.6 Å². The van der Waals surface area contributed by atoms with Gasteiger partial charge in [-0.25, -0.2) is 4.98 Å². The SMILES string of the molecule is NCC(=O)Cc1cc(-c2nn3c(=O)cc(N4CCNCC4)nc3s2)ccn1. The third-order valence-corrected chi connectivity index (χ3v) is 5.30. The highest BCUT2D eigenvalue weighted by Gasteiger charge is 2.16. The largest absolute Gasteiger partial charge is 0.354 e. The summed E-state index contributed by atoms with van der Waals surface area (Å²) < 4.78 is 1.32. The number of nitrogens with two attached hydrogens (primary N) is 1. The van der Waals surface area contributed by atoms with Crippen LogP contribution in [0.3, 0.4) is 0 Å². The molecule has 10 heteroatoms. The van der Waals surface area contributed by atoms with Crippen molar-refractivity contribution in [2.24, 2.45) is 5.73 Å². The van der Waals surface area contributed by atoms with Gasteiger partial charge >= 0.3 is 0 Å². The van der Waals surface area contributed by atoms with E-state index < -0.39 is 0 Å². The maximum absolute atomic E-state index is 12.5. The summed E-state index contributed by atoms with van der Waals surface area (Å²) in [6.07, 6.45) is 1.81. The molecule has 4 heterocycles. The van der Waals surface area contributed by atoms with E-state index in [-0.39, 0.29) is 24.3 Å². The van der Waals surface area contributed by atoms with Crippen LogP contribution in [0.2, 0.25) is 0 Å². The molecule has 1 aliphatic heterocycles. The van der Waals surface area contributed by atoms with Gasteiger partial charge in [-0.1, -0.05) is 11.3 Å². The van der Waals surface area contributed by atoms with Crippen molar-refractivity contribution < 1.29 is 4.79 Å². The number of piperazine rings is 1. The fourth-order valence-electron chi connectivity index (χ4n) is 2.95. The normalized spacial score (nSPS) is 14.6. The van der Waals surface area contributed by atoms with Gasteiger partial charge in [0.25, 0.3) is 5.56 Å². The number of hydrogen-bond acceptors (Lipinski definition) is 9. The number of hydrogen-bond donors (Lipinski definition) is 2. The Morgan fingerprint density at radius 2 is 2.11 bits per heavy atom. The summed E-state index contributed by atoms with van der Waals surface area (Å²) in [6.45, 7) is 3.36. The Kier molecular flexibility index (Phi) is 4.92. The van der Waals surface area contributed by atoms with Crippen molar-refractivity contribution in [3.05, 3.63) is 40.4 Å². The predicted octanol–water partition coefficient (Wildman–Crippen LogP) is -0.307. The average Bonchev–Trinajstić information content (AvgIpc) is 3.14. The third-order valence-electron chi connectivity index (χ3n) is 4.34. The van der Waals surface area contributed by atoms with E-state index in [1.807, 2.05) is 0 Å². The monoisotopic (exact) mass is 385 g/mol. The van der Waals surface area contributed by atoms with Crippen LogP contribution in [0.25, 0.3) is 15.5 Å². The molecule has 0 amide bonds. The number of ketones is 1. The van der Waals surface area contributed by atoms with Crippen LogP contribution in [0.5, 0.6) is 0 Å². The van der Waals surface area contributed by atoms with Crippen LogP contribution >= 0.6 is 11.3 Å². The Morgan fingerprint density at radius 3 is 2.89 bits per heavy atom.